The molecule has 1 unspecified atom stereocenters. The number of nitrogens with zero attached hydrogens (tertiary/aromatic N) is 5. The topological polar surface area (TPSA) is 95.9 Å². The molecule has 3 heterocycles. The Hall–Kier alpha value is -3.76. The number of aromatic nitrogens is 4. The summed E-state index contributed by atoms with van der Waals surface area (Å²) in [5.41, 5.74) is 0.388. The minimum Gasteiger partial charge on any atom is -0.354 e. The van der Waals surface area contributed by atoms with Crippen LogP contribution in [0.15, 0.2) is 49.6 Å². The normalized spacial score (nSPS) is 16.4. The van der Waals surface area contributed by atoms with Crippen molar-refractivity contribution in [3.05, 3.63) is 55.1 Å². The van der Waals surface area contributed by atoms with Gasteiger partial charge in [0.15, 0.2) is 0 Å². The van der Waals surface area contributed by atoms with Crippen LogP contribution in [0.3, 0.4) is 0 Å². The van der Waals surface area contributed by atoms with E-state index in [0.29, 0.717) is 24.3 Å². The maximum atomic E-state index is 12.7. The minimum absolute atomic E-state index is 0.0482. The minimum atomic E-state index is -4.47. The second-order valence-electron chi connectivity index (χ2n) is 6.99. The summed E-state index contributed by atoms with van der Waals surface area (Å²) in [6.45, 7) is 4.70. The average molecular weight is 429 g/mol. The Labute approximate surface area is 175 Å². The van der Waals surface area contributed by atoms with Gasteiger partial charge in [-0.05, 0) is 30.7 Å². The molecule has 2 aromatic heterocycles. The van der Waals surface area contributed by atoms with Crippen molar-refractivity contribution in [2.75, 3.05) is 28.6 Å². The van der Waals surface area contributed by atoms with Crippen LogP contribution in [0.2, 0.25) is 0 Å². The molecular weight excluding hydrogens is 411 g/mol. The summed E-state index contributed by atoms with van der Waals surface area (Å²) in [5.74, 6) is 0.576. The van der Waals surface area contributed by atoms with E-state index in [1.54, 1.807) is 12.1 Å². The Morgan fingerprint density at radius 2 is 1.97 bits per heavy atom. The van der Waals surface area contributed by atoms with Gasteiger partial charge in [0.2, 0.25) is 11.9 Å². The van der Waals surface area contributed by atoms with E-state index in [1.165, 1.54) is 12.4 Å². The molecule has 0 radical (unpaired) electrons. The molecule has 1 aromatic carbocycles. The summed E-state index contributed by atoms with van der Waals surface area (Å²) in [6, 6.07) is 5.30. The molecule has 1 saturated heterocycles. The predicted octanol–water partition coefficient (Wildman–Crippen LogP) is 3.25. The van der Waals surface area contributed by atoms with E-state index in [1.807, 2.05) is 6.07 Å². The number of hydrogen-bond acceptors (Lipinski definition) is 7. The zero-order valence-electron chi connectivity index (χ0n) is 16.2. The van der Waals surface area contributed by atoms with E-state index >= 15 is 0 Å². The highest BCUT2D eigenvalue weighted by atomic mass is 19.4. The highest BCUT2D eigenvalue weighted by Gasteiger charge is 2.31. The Morgan fingerprint density at radius 1 is 1.19 bits per heavy atom. The molecule has 31 heavy (non-hydrogen) atoms. The second-order valence-corrected chi connectivity index (χ2v) is 6.99. The molecule has 1 atom stereocenters. The fourth-order valence-corrected chi connectivity index (χ4v) is 3.37. The number of nitrogens with one attached hydrogen (secondary N) is 2. The van der Waals surface area contributed by atoms with Gasteiger partial charge in [-0.3, -0.25) is 4.79 Å². The summed E-state index contributed by atoms with van der Waals surface area (Å²) >= 11 is 0. The zero-order valence-corrected chi connectivity index (χ0v) is 16.2. The van der Waals surface area contributed by atoms with Crippen LogP contribution in [-0.4, -0.2) is 45.0 Å². The monoisotopic (exact) mass is 429 g/mol. The molecule has 1 fully saturated rings. The van der Waals surface area contributed by atoms with Crippen molar-refractivity contribution >= 4 is 34.3 Å². The van der Waals surface area contributed by atoms with Crippen molar-refractivity contribution in [1.29, 1.82) is 0 Å². The van der Waals surface area contributed by atoms with Crippen molar-refractivity contribution in [3.63, 3.8) is 0 Å². The van der Waals surface area contributed by atoms with Crippen LogP contribution in [0.25, 0.3) is 10.9 Å². The fraction of sp³-hybridized carbons (Fsp3) is 0.250. The molecule has 1 aliphatic heterocycles. The lowest BCUT2D eigenvalue weighted by Gasteiger charge is -2.19. The SMILES string of the molecule is C=CC(=O)Nc1ccc2c(N3CCC(Nc4ncc(C(F)(F)F)cn4)C3)ncnc2c1. The lowest BCUT2D eigenvalue weighted by Crippen LogP contribution is -2.27. The molecule has 11 heteroatoms. The number of rotatable bonds is 5. The number of benzene rings is 1. The maximum Gasteiger partial charge on any atom is 0.419 e. The van der Waals surface area contributed by atoms with Gasteiger partial charge in [0.25, 0.3) is 0 Å². The van der Waals surface area contributed by atoms with Crippen molar-refractivity contribution in [3.8, 4) is 0 Å². The molecule has 0 bridgehead atoms. The van der Waals surface area contributed by atoms with Crippen molar-refractivity contribution in [2.24, 2.45) is 0 Å². The molecule has 8 nitrogen and oxygen atoms in total. The van der Waals surface area contributed by atoms with E-state index in [-0.39, 0.29) is 17.9 Å². The van der Waals surface area contributed by atoms with E-state index in [2.05, 4.69) is 42.0 Å². The third-order valence-corrected chi connectivity index (χ3v) is 4.87. The second kappa shape index (κ2) is 8.17. The smallest absolute Gasteiger partial charge is 0.354 e. The zero-order chi connectivity index (χ0) is 22.0. The molecule has 1 aliphatic rings. The third-order valence-electron chi connectivity index (χ3n) is 4.87. The molecule has 0 spiro atoms. The van der Waals surface area contributed by atoms with Gasteiger partial charge < -0.3 is 15.5 Å². The number of hydrogen-bond donors (Lipinski definition) is 2. The number of anilines is 3. The third kappa shape index (κ3) is 4.55. The molecule has 1 amide bonds. The van der Waals surface area contributed by atoms with Crippen molar-refractivity contribution in [1.82, 2.24) is 19.9 Å². The largest absolute Gasteiger partial charge is 0.419 e. The Bertz CT molecular complexity index is 1120. The first-order valence-corrected chi connectivity index (χ1v) is 9.42. The van der Waals surface area contributed by atoms with Gasteiger partial charge in [-0.2, -0.15) is 13.2 Å². The first kappa shape index (κ1) is 20.5. The van der Waals surface area contributed by atoms with E-state index in [9.17, 15) is 18.0 Å². The number of amides is 1. The summed E-state index contributed by atoms with van der Waals surface area (Å²) in [7, 11) is 0. The van der Waals surface area contributed by atoms with Gasteiger partial charge in [-0.25, -0.2) is 19.9 Å². The number of carbonyl (C=O) groups is 1. The highest BCUT2D eigenvalue weighted by Crippen LogP contribution is 2.30. The summed E-state index contributed by atoms with van der Waals surface area (Å²) < 4.78 is 38.0. The van der Waals surface area contributed by atoms with Crippen LogP contribution >= 0.6 is 0 Å². The predicted molar refractivity (Wildman–Crippen MR) is 110 cm³/mol. The first-order valence-electron chi connectivity index (χ1n) is 9.42. The average Bonchev–Trinajstić information content (AvgIpc) is 3.21. The van der Waals surface area contributed by atoms with E-state index < -0.39 is 11.7 Å². The number of halogens is 3. The van der Waals surface area contributed by atoms with Crippen LogP contribution in [0.4, 0.5) is 30.6 Å². The Morgan fingerprint density at radius 3 is 2.68 bits per heavy atom. The van der Waals surface area contributed by atoms with Gasteiger partial charge in [0.1, 0.15) is 12.1 Å². The summed E-state index contributed by atoms with van der Waals surface area (Å²) in [6.07, 6.45) is 0.448. The van der Waals surface area contributed by atoms with Crippen molar-refractivity contribution in [2.45, 2.75) is 18.6 Å². The van der Waals surface area contributed by atoms with Gasteiger partial charge in [-0.15, -0.1) is 0 Å². The summed E-state index contributed by atoms with van der Waals surface area (Å²) in [4.78, 5) is 29.8. The van der Waals surface area contributed by atoms with E-state index in [0.717, 1.165) is 30.0 Å². The molecule has 2 N–H and O–H groups in total. The Balaban J connectivity index is 1.47. The van der Waals surface area contributed by atoms with Gasteiger partial charge in [0, 0.05) is 42.6 Å². The van der Waals surface area contributed by atoms with Gasteiger partial charge in [-0.1, -0.05) is 6.58 Å². The van der Waals surface area contributed by atoms with Crippen LogP contribution in [0, 0.1) is 0 Å². The van der Waals surface area contributed by atoms with E-state index in [4.69, 9.17) is 0 Å². The Kier molecular flexibility index (Phi) is 5.40. The maximum absolute atomic E-state index is 12.7. The molecular formula is C20H18F3N7O. The van der Waals surface area contributed by atoms with Crippen LogP contribution < -0.4 is 15.5 Å². The number of carbonyl (C=O) groups excluding carboxylic acids is 1. The van der Waals surface area contributed by atoms with Gasteiger partial charge in [0.05, 0.1) is 11.1 Å². The van der Waals surface area contributed by atoms with Crippen LogP contribution in [0.5, 0.6) is 0 Å². The first-order chi connectivity index (χ1) is 14.8. The summed E-state index contributed by atoms with van der Waals surface area (Å²) in [5, 5.41) is 6.59. The van der Waals surface area contributed by atoms with Crippen molar-refractivity contribution < 1.29 is 18.0 Å². The fourth-order valence-electron chi connectivity index (χ4n) is 3.37. The molecule has 0 saturated carbocycles. The standard InChI is InChI=1S/C20H18F3N7O/c1-2-17(31)28-13-3-4-15-16(7-13)26-11-27-18(15)30-6-5-14(10-30)29-19-24-8-12(9-25-19)20(21,22)23/h2-4,7-9,11,14H,1,5-6,10H2,(H,28,31)(H,24,25,29). The van der Waals surface area contributed by atoms with Gasteiger partial charge >= 0.3 is 6.18 Å². The molecule has 4 rings (SSSR count). The molecule has 0 aliphatic carbocycles. The molecule has 3 aromatic rings. The number of alkyl halides is 3. The highest BCUT2D eigenvalue weighted by molar-refractivity contribution is 6.01. The molecule has 160 valence electrons. The van der Waals surface area contributed by atoms with Crippen LogP contribution in [0.1, 0.15) is 12.0 Å². The quantitative estimate of drug-likeness (QED) is 0.601. The van der Waals surface area contributed by atoms with Crippen LogP contribution in [-0.2, 0) is 11.0 Å². The lowest BCUT2D eigenvalue weighted by atomic mass is 10.2. The number of fused-ring (bicyclic) bond motifs is 1. The lowest BCUT2D eigenvalue weighted by molar-refractivity contribution is -0.138.